The van der Waals surface area contributed by atoms with E-state index in [1.54, 1.807) is 13.2 Å². The van der Waals surface area contributed by atoms with Gasteiger partial charge in [-0.1, -0.05) is 23.8 Å². The molecule has 0 aliphatic carbocycles. The number of carbonyl (C=O) groups is 1. The molecule has 0 unspecified atom stereocenters. The highest BCUT2D eigenvalue weighted by Crippen LogP contribution is 2.28. The SMILES string of the molecule is CCNC(=O)COc1ccc(CN=C(N)Nc2ccc(C)cc2)cc1OC.I. The molecule has 0 spiro atoms. The van der Waals surface area contributed by atoms with E-state index in [-0.39, 0.29) is 36.5 Å². The minimum absolute atomic E-state index is 0. The van der Waals surface area contributed by atoms with E-state index in [0.29, 0.717) is 30.5 Å². The lowest BCUT2D eigenvalue weighted by molar-refractivity contribution is -0.123. The van der Waals surface area contributed by atoms with E-state index in [0.717, 1.165) is 11.3 Å². The van der Waals surface area contributed by atoms with Gasteiger partial charge in [0.25, 0.3) is 5.91 Å². The van der Waals surface area contributed by atoms with Crippen LogP contribution >= 0.6 is 24.0 Å². The quantitative estimate of drug-likeness (QED) is 0.295. The minimum atomic E-state index is -0.178. The van der Waals surface area contributed by atoms with Crippen molar-refractivity contribution in [2.45, 2.75) is 20.4 Å². The number of benzene rings is 2. The molecule has 0 saturated carbocycles. The third kappa shape index (κ3) is 7.63. The molecule has 1 amide bonds. The number of aliphatic imine (C=N–C) groups is 1. The van der Waals surface area contributed by atoms with Crippen molar-refractivity contribution in [1.29, 1.82) is 0 Å². The topological polar surface area (TPSA) is 98.0 Å². The third-order valence-electron chi connectivity index (χ3n) is 3.72. The number of nitrogens with one attached hydrogen (secondary N) is 2. The highest BCUT2D eigenvalue weighted by atomic mass is 127. The van der Waals surface area contributed by atoms with Crippen LogP contribution in [0.5, 0.6) is 11.5 Å². The fraction of sp³-hybridized carbons (Fsp3) is 0.300. The summed E-state index contributed by atoms with van der Waals surface area (Å²) >= 11 is 0. The number of methoxy groups -OCH3 is 1. The summed E-state index contributed by atoms with van der Waals surface area (Å²) in [6.45, 7) is 4.77. The molecule has 2 rings (SSSR count). The first-order valence-electron chi connectivity index (χ1n) is 8.71. The molecule has 0 atom stereocenters. The van der Waals surface area contributed by atoms with Crippen molar-refractivity contribution in [3.05, 3.63) is 53.6 Å². The first kappa shape index (κ1) is 23.5. The van der Waals surface area contributed by atoms with Crippen LogP contribution in [0.2, 0.25) is 0 Å². The van der Waals surface area contributed by atoms with Crippen LogP contribution in [0.1, 0.15) is 18.1 Å². The van der Waals surface area contributed by atoms with Crippen molar-refractivity contribution in [3.8, 4) is 11.5 Å². The maximum Gasteiger partial charge on any atom is 0.257 e. The zero-order valence-corrected chi connectivity index (χ0v) is 18.7. The fourth-order valence-electron chi connectivity index (χ4n) is 2.32. The average Bonchev–Trinajstić information content (AvgIpc) is 2.67. The van der Waals surface area contributed by atoms with Crippen LogP contribution < -0.4 is 25.8 Å². The Labute approximate surface area is 182 Å². The van der Waals surface area contributed by atoms with Gasteiger partial charge in [-0.3, -0.25) is 4.79 Å². The number of nitrogens with zero attached hydrogens (tertiary/aromatic N) is 1. The smallest absolute Gasteiger partial charge is 0.257 e. The van der Waals surface area contributed by atoms with Crippen molar-refractivity contribution in [2.75, 3.05) is 25.6 Å². The molecule has 8 heteroatoms. The van der Waals surface area contributed by atoms with Gasteiger partial charge in [-0.2, -0.15) is 0 Å². The van der Waals surface area contributed by atoms with E-state index in [4.69, 9.17) is 15.2 Å². The predicted octanol–water partition coefficient (Wildman–Crippen LogP) is 3.06. The number of amides is 1. The van der Waals surface area contributed by atoms with Gasteiger partial charge >= 0.3 is 0 Å². The van der Waals surface area contributed by atoms with Crippen molar-refractivity contribution in [1.82, 2.24) is 5.32 Å². The van der Waals surface area contributed by atoms with E-state index < -0.39 is 0 Å². The van der Waals surface area contributed by atoms with Gasteiger partial charge in [-0.15, -0.1) is 24.0 Å². The fourth-order valence-corrected chi connectivity index (χ4v) is 2.32. The Kier molecular flexibility index (Phi) is 10.1. The molecule has 7 nitrogen and oxygen atoms in total. The number of likely N-dealkylation sites (N-methyl/N-ethyl adjacent to an activating group) is 1. The number of hydrogen-bond acceptors (Lipinski definition) is 4. The van der Waals surface area contributed by atoms with Gasteiger partial charge in [0, 0.05) is 12.2 Å². The lowest BCUT2D eigenvalue weighted by atomic mass is 10.2. The van der Waals surface area contributed by atoms with E-state index in [1.807, 2.05) is 50.2 Å². The third-order valence-corrected chi connectivity index (χ3v) is 3.72. The molecule has 0 radical (unpaired) electrons. The summed E-state index contributed by atoms with van der Waals surface area (Å²) in [4.78, 5) is 15.9. The highest BCUT2D eigenvalue weighted by Gasteiger charge is 2.08. The average molecular weight is 498 g/mol. The van der Waals surface area contributed by atoms with E-state index in [9.17, 15) is 4.79 Å². The van der Waals surface area contributed by atoms with Gasteiger partial charge in [0.15, 0.2) is 24.1 Å². The molecular formula is C20H27IN4O3. The summed E-state index contributed by atoms with van der Waals surface area (Å²) in [5.41, 5.74) is 8.91. The summed E-state index contributed by atoms with van der Waals surface area (Å²) in [5, 5.41) is 5.73. The number of anilines is 1. The van der Waals surface area contributed by atoms with E-state index in [1.165, 1.54) is 5.56 Å². The standard InChI is InChI=1S/C20H26N4O3.HI/c1-4-22-19(25)13-27-17-10-7-15(11-18(17)26-3)12-23-20(21)24-16-8-5-14(2)6-9-16;/h5-11H,4,12-13H2,1-3H3,(H,22,25)(H3,21,23,24);1H. The second-order valence-electron chi connectivity index (χ2n) is 5.92. The second kappa shape index (κ2) is 12.1. The van der Waals surface area contributed by atoms with Crippen molar-refractivity contribution in [2.24, 2.45) is 10.7 Å². The molecule has 0 aromatic heterocycles. The Balaban J connectivity index is 0.00000392. The number of hydrogen-bond donors (Lipinski definition) is 3. The van der Waals surface area contributed by atoms with Crippen LogP contribution in [0.4, 0.5) is 5.69 Å². The van der Waals surface area contributed by atoms with Crippen molar-refractivity contribution >= 4 is 41.5 Å². The number of rotatable bonds is 8. The van der Waals surface area contributed by atoms with Gasteiger partial charge in [-0.25, -0.2) is 4.99 Å². The van der Waals surface area contributed by atoms with Crippen molar-refractivity contribution in [3.63, 3.8) is 0 Å². The molecule has 4 N–H and O–H groups in total. The van der Waals surface area contributed by atoms with Gasteiger partial charge in [0.2, 0.25) is 0 Å². The van der Waals surface area contributed by atoms with Crippen LogP contribution in [-0.2, 0) is 11.3 Å². The monoisotopic (exact) mass is 498 g/mol. The maximum absolute atomic E-state index is 11.5. The second-order valence-corrected chi connectivity index (χ2v) is 5.92. The summed E-state index contributed by atoms with van der Waals surface area (Å²) in [5.74, 6) is 1.19. The number of guanidine groups is 1. The minimum Gasteiger partial charge on any atom is -0.493 e. The normalized spacial score (nSPS) is 10.6. The first-order valence-corrected chi connectivity index (χ1v) is 8.71. The van der Waals surface area contributed by atoms with Gasteiger partial charge in [0.05, 0.1) is 13.7 Å². The summed E-state index contributed by atoms with van der Waals surface area (Å²) in [6, 6.07) is 13.3. The molecule has 28 heavy (non-hydrogen) atoms. The number of aryl methyl sites for hydroxylation is 1. The lowest BCUT2D eigenvalue weighted by Gasteiger charge is -2.12. The molecule has 152 valence electrons. The first-order chi connectivity index (χ1) is 13.0. The van der Waals surface area contributed by atoms with Crippen LogP contribution in [0.25, 0.3) is 0 Å². The van der Waals surface area contributed by atoms with E-state index >= 15 is 0 Å². The molecule has 2 aromatic carbocycles. The zero-order valence-electron chi connectivity index (χ0n) is 16.3. The number of ether oxygens (including phenoxy) is 2. The van der Waals surface area contributed by atoms with Crippen LogP contribution in [0, 0.1) is 6.92 Å². The van der Waals surface area contributed by atoms with Gasteiger partial charge < -0.3 is 25.8 Å². The molecule has 0 aliphatic heterocycles. The predicted molar refractivity (Wildman–Crippen MR) is 123 cm³/mol. The molecule has 0 bridgehead atoms. The Bertz CT molecular complexity index is 795. The number of carbonyl (C=O) groups excluding carboxylic acids is 1. The molecular weight excluding hydrogens is 471 g/mol. The zero-order chi connectivity index (χ0) is 19.6. The molecule has 0 fully saturated rings. The summed E-state index contributed by atoms with van der Waals surface area (Å²) in [7, 11) is 1.55. The molecule has 0 heterocycles. The Hall–Kier alpha value is -2.49. The largest absolute Gasteiger partial charge is 0.493 e. The summed E-state index contributed by atoms with van der Waals surface area (Å²) in [6.07, 6.45) is 0. The highest BCUT2D eigenvalue weighted by molar-refractivity contribution is 14.0. The van der Waals surface area contributed by atoms with Crippen LogP contribution in [0.3, 0.4) is 0 Å². The van der Waals surface area contributed by atoms with Crippen LogP contribution in [0.15, 0.2) is 47.5 Å². The molecule has 0 saturated heterocycles. The molecule has 2 aromatic rings. The van der Waals surface area contributed by atoms with E-state index in [2.05, 4.69) is 15.6 Å². The number of halogens is 1. The van der Waals surface area contributed by atoms with Crippen molar-refractivity contribution < 1.29 is 14.3 Å². The Morgan fingerprint density at radius 2 is 1.86 bits per heavy atom. The van der Waals surface area contributed by atoms with Gasteiger partial charge in [-0.05, 0) is 43.7 Å². The number of nitrogens with two attached hydrogens (primary N) is 1. The Morgan fingerprint density at radius 3 is 2.50 bits per heavy atom. The lowest BCUT2D eigenvalue weighted by Crippen LogP contribution is -2.28. The van der Waals surface area contributed by atoms with Crippen LogP contribution in [-0.4, -0.2) is 32.1 Å². The van der Waals surface area contributed by atoms with Gasteiger partial charge in [0.1, 0.15) is 0 Å². The summed E-state index contributed by atoms with van der Waals surface area (Å²) < 4.78 is 10.8. The molecule has 0 aliphatic rings. The maximum atomic E-state index is 11.5. The Morgan fingerprint density at radius 1 is 1.14 bits per heavy atom.